The number of likely N-dealkylation sites (tertiary alicyclic amines) is 1. The van der Waals surface area contributed by atoms with E-state index < -0.39 is 5.41 Å². The maximum atomic E-state index is 13.3. The van der Waals surface area contributed by atoms with Crippen molar-refractivity contribution in [1.82, 2.24) is 25.4 Å². The van der Waals surface area contributed by atoms with E-state index in [0.29, 0.717) is 23.7 Å². The van der Waals surface area contributed by atoms with Crippen LogP contribution in [0.1, 0.15) is 64.4 Å². The highest BCUT2D eigenvalue weighted by atomic mass is 16.2. The van der Waals surface area contributed by atoms with Gasteiger partial charge in [0.2, 0.25) is 5.91 Å². The number of fused-ring (bicyclic) bond motifs is 3. The molecule has 45 heavy (non-hydrogen) atoms. The molecule has 5 rings (SSSR count). The molecule has 0 aromatic heterocycles. The number of nitriles is 1. The predicted molar refractivity (Wildman–Crippen MR) is 177 cm³/mol. The average molecular weight is 611 g/mol. The van der Waals surface area contributed by atoms with Crippen molar-refractivity contribution in [2.24, 2.45) is 16.8 Å². The SMILES string of the molecule is C=C(c1ccc2c(c1)CCc1cc(C(=O)N(C)C)ccc1C2(C[C@H](C)NCC(=O)N1C(C#N)C[C@@H]2C[C@@H]21)/C(N)=N/NC)N(C)C. The van der Waals surface area contributed by atoms with E-state index in [-0.39, 0.29) is 36.5 Å². The molecule has 3 aliphatic rings. The minimum atomic E-state index is -0.859. The third-order valence-corrected chi connectivity index (χ3v) is 9.74. The Morgan fingerprint density at radius 3 is 2.29 bits per heavy atom. The number of piperidine rings is 1. The summed E-state index contributed by atoms with van der Waals surface area (Å²) in [5.74, 6) is 0.777. The molecule has 1 saturated carbocycles. The number of carbonyl (C=O) groups is 2. The van der Waals surface area contributed by atoms with Crippen LogP contribution in [0, 0.1) is 17.2 Å². The van der Waals surface area contributed by atoms with Gasteiger partial charge >= 0.3 is 0 Å². The number of carbonyl (C=O) groups excluding carboxylic acids is 2. The van der Waals surface area contributed by atoms with Crippen molar-refractivity contribution < 1.29 is 9.59 Å². The van der Waals surface area contributed by atoms with E-state index in [1.807, 2.05) is 37.2 Å². The van der Waals surface area contributed by atoms with Crippen molar-refractivity contribution in [1.29, 1.82) is 5.26 Å². The maximum Gasteiger partial charge on any atom is 0.253 e. The van der Waals surface area contributed by atoms with E-state index in [2.05, 4.69) is 53.6 Å². The molecule has 2 aromatic carbocycles. The molecule has 2 aromatic rings. The van der Waals surface area contributed by atoms with Gasteiger partial charge < -0.3 is 31.2 Å². The zero-order chi connectivity index (χ0) is 32.6. The summed E-state index contributed by atoms with van der Waals surface area (Å²) >= 11 is 0. The molecule has 0 bridgehead atoms. The van der Waals surface area contributed by atoms with E-state index in [0.717, 1.165) is 59.2 Å². The molecule has 10 heteroatoms. The van der Waals surface area contributed by atoms with Gasteiger partial charge in [-0.25, -0.2) is 0 Å². The molecule has 10 nitrogen and oxygen atoms in total. The Labute approximate surface area is 266 Å². The van der Waals surface area contributed by atoms with Crippen LogP contribution in [-0.4, -0.2) is 92.3 Å². The van der Waals surface area contributed by atoms with Crippen LogP contribution in [0.4, 0.5) is 0 Å². The van der Waals surface area contributed by atoms with Crippen LogP contribution >= 0.6 is 0 Å². The van der Waals surface area contributed by atoms with Gasteiger partial charge in [0.15, 0.2) is 0 Å². The average Bonchev–Trinajstić information content (AvgIpc) is 3.71. The zero-order valence-electron chi connectivity index (χ0n) is 27.4. The van der Waals surface area contributed by atoms with Crippen LogP contribution in [0.5, 0.6) is 0 Å². The first-order chi connectivity index (χ1) is 21.4. The van der Waals surface area contributed by atoms with Crippen molar-refractivity contribution >= 4 is 23.3 Å². The van der Waals surface area contributed by atoms with Crippen LogP contribution < -0.4 is 16.5 Å². The lowest BCUT2D eigenvalue weighted by atomic mass is 9.67. The molecule has 238 valence electrons. The number of amidine groups is 1. The van der Waals surface area contributed by atoms with Crippen LogP contribution in [0.25, 0.3) is 5.70 Å². The maximum absolute atomic E-state index is 13.3. The standard InChI is InChI=1S/C35H46N8O2/c1-21(39-20-32(44)43-28(19-36)16-27-17-31(27)43)18-35(34(37)40-38-3)29-12-10-23(22(2)41(4)5)14-24(29)8-9-25-15-26(11-13-30(25)35)33(45)42(6)7/h10-15,21,27-28,31,38-39H,2,8-9,16-18,20H2,1,3-7H3,(H2,37,40)/t21-,27+,28?,31-,35?/m0/s1. The highest BCUT2D eigenvalue weighted by Gasteiger charge is 2.54. The first kappa shape index (κ1) is 32.0. The number of nitrogens with zero attached hydrogens (tertiary/aromatic N) is 5. The first-order valence-corrected chi connectivity index (χ1v) is 15.7. The summed E-state index contributed by atoms with van der Waals surface area (Å²) in [6, 6.07) is 14.3. The van der Waals surface area contributed by atoms with E-state index in [1.165, 1.54) is 0 Å². The fourth-order valence-corrected chi connectivity index (χ4v) is 7.31. The van der Waals surface area contributed by atoms with Gasteiger partial charge in [-0.1, -0.05) is 24.8 Å². The lowest BCUT2D eigenvalue weighted by Gasteiger charge is -2.38. The van der Waals surface area contributed by atoms with Crippen LogP contribution in [0.15, 0.2) is 48.1 Å². The lowest BCUT2D eigenvalue weighted by molar-refractivity contribution is -0.131. The second-order valence-electron chi connectivity index (χ2n) is 13.1. The number of hydrogen-bond acceptors (Lipinski definition) is 7. The molecular formula is C35H46N8O2. The highest BCUT2D eigenvalue weighted by molar-refractivity contribution is 5.98. The van der Waals surface area contributed by atoms with E-state index in [9.17, 15) is 14.9 Å². The molecule has 2 unspecified atom stereocenters. The van der Waals surface area contributed by atoms with Crippen molar-refractivity contribution in [2.75, 3.05) is 41.8 Å². The molecule has 4 N–H and O–H groups in total. The Morgan fingerprint density at radius 1 is 1.09 bits per heavy atom. The molecule has 0 spiro atoms. The van der Waals surface area contributed by atoms with Crippen LogP contribution in [0.2, 0.25) is 0 Å². The second kappa shape index (κ2) is 12.6. The third-order valence-electron chi connectivity index (χ3n) is 9.74. The molecule has 1 aliphatic heterocycles. The summed E-state index contributed by atoms with van der Waals surface area (Å²) in [5.41, 5.74) is 15.8. The highest BCUT2D eigenvalue weighted by Crippen LogP contribution is 2.48. The second-order valence-corrected chi connectivity index (χ2v) is 13.1. The molecular weight excluding hydrogens is 564 g/mol. The van der Waals surface area contributed by atoms with Gasteiger partial charge in [0.1, 0.15) is 11.9 Å². The predicted octanol–water partition coefficient (Wildman–Crippen LogP) is 2.68. The summed E-state index contributed by atoms with van der Waals surface area (Å²) in [6.45, 7) is 6.48. The minimum absolute atomic E-state index is 0.0374. The summed E-state index contributed by atoms with van der Waals surface area (Å²) in [4.78, 5) is 31.7. The summed E-state index contributed by atoms with van der Waals surface area (Å²) in [5, 5.41) is 17.7. The van der Waals surface area contributed by atoms with Gasteiger partial charge in [0, 0.05) is 58.6 Å². The van der Waals surface area contributed by atoms with E-state index in [4.69, 9.17) is 5.73 Å². The largest absolute Gasteiger partial charge is 0.385 e. The molecule has 2 fully saturated rings. The smallest absolute Gasteiger partial charge is 0.253 e. The Balaban J connectivity index is 1.57. The van der Waals surface area contributed by atoms with E-state index in [1.54, 1.807) is 30.9 Å². The molecule has 2 aliphatic carbocycles. The number of hydrazone groups is 1. The van der Waals surface area contributed by atoms with Gasteiger partial charge in [-0.2, -0.15) is 10.4 Å². The number of hydrogen-bond donors (Lipinski definition) is 3. The van der Waals surface area contributed by atoms with Gasteiger partial charge in [-0.05, 0) is 91.0 Å². The molecule has 1 saturated heterocycles. The first-order valence-electron chi connectivity index (χ1n) is 15.7. The van der Waals surface area contributed by atoms with Gasteiger partial charge in [0.05, 0.1) is 18.0 Å². The molecule has 5 atom stereocenters. The number of amides is 2. The molecule has 0 radical (unpaired) electrons. The van der Waals surface area contributed by atoms with Gasteiger partial charge in [-0.15, -0.1) is 0 Å². The van der Waals surface area contributed by atoms with Crippen molar-refractivity contribution in [3.05, 3.63) is 76.4 Å². The van der Waals surface area contributed by atoms with Crippen molar-refractivity contribution in [3.63, 3.8) is 0 Å². The Hall–Kier alpha value is -4.36. The minimum Gasteiger partial charge on any atom is -0.385 e. The molecule has 2 amide bonds. The topological polar surface area (TPSA) is 130 Å². The number of nitrogens with one attached hydrogen (secondary N) is 2. The van der Waals surface area contributed by atoms with Gasteiger partial charge in [-0.3, -0.25) is 9.59 Å². The lowest BCUT2D eigenvalue weighted by Crippen LogP contribution is -2.50. The van der Waals surface area contributed by atoms with E-state index >= 15 is 0 Å². The normalized spacial score (nSPS) is 23.9. The van der Waals surface area contributed by atoms with Crippen molar-refractivity contribution in [2.45, 2.75) is 62.6 Å². The fourth-order valence-electron chi connectivity index (χ4n) is 7.31. The van der Waals surface area contributed by atoms with Crippen LogP contribution in [0.3, 0.4) is 0 Å². The quantitative estimate of drug-likeness (QED) is 0.214. The van der Waals surface area contributed by atoms with Gasteiger partial charge in [0.25, 0.3) is 5.91 Å². The number of aryl methyl sites for hydroxylation is 2. The Morgan fingerprint density at radius 2 is 1.71 bits per heavy atom. The number of nitrogens with two attached hydrogens (primary N) is 1. The number of benzene rings is 2. The van der Waals surface area contributed by atoms with Crippen molar-refractivity contribution in [3.8, 4) is 6.07 Å². The number of rotatable bonds is 10. The Bertz CT molecular complexity index is 1500. The fraction of sp³-hybridized carbons (Fsp3) is 0.486. The molecule has 1 heterocycles. The third kappa shape index (κ3) is 5.89. The summed E-state index contributed by atoms with van der Waals surface area (Å²) in [6.07, 6.45) is 3.75. The zero-order valence-corrected chi connectivity index (χ0v) is 27.4. The summed E-state index contributed by atoms with van der Waals surface area (Å²) < 4.78 is 0. The monoisotopic (exact) mass is 610 g/mol. The van der Waals surface area contributed by atoms with Crippen LogP contribution in [-0.2, 0) is 23.1 Å². The Kier molecular flexibility index (Phi) is 8.95. The summed E-state index contributed by atoms with van der Waals surface area (Å²) in [7, 11) is 9.20.